The highest BCUT2D eigenvalue weighted by molar-refractivity contribution is 5.60. The smallest absolute Gasteiger partial charge is 0.199 e. The second kappa shape index (κ2) is 5.23. The predicted molar refractivity (Wildman–Crippen MR) is 92.9 cm³/mol. The lowest BCUT2D eigenvalue weighted by molar-refractivity contribution is 0.162. The van der Waals surface area contributed by atoms with E-state index in [1.54, 1.807) is 7.11 Å². The summed E-state index contributed by atoms with van der Waals surface area (Å²) in [5.74, 6) is 2.51. The topological polar surface area (TPSA) is 43.2 Å². The zero-order valence-corrected chi connectivity index (χ0v) is 14.5. The Bertz CT molecular complexity index is 836. The van der Waals surface area contributed by atoms with E-state index in [-0.39, 0.29) is 11.6 Å². The van der Waals surface area contributed by atoms with Gasteiger partial charge in [-0.2, -0.15) is 0 Å². The fourth-order valence-corrected chi connectivity index (χ4v) is 3.94. The maximum Gasteiger partial charge on any atom is 0.199 e. The number of ether oxygens (including phenoxy) is 1. The van der Waals surface area contributed by atoms with E-state index in [2.05, 4.69) is 76.0 Å². The Balaban J connectivity index is 1.81. The summed E-state index contributed by atoms with van der Waals surface area (Å²) in [7, 11) is 1.70. The van der Waals surface area contributed by atoms with Crippen molar-refractivity contribution in [3.05, 3.63) is 65.4 Å². The third kappa shape index (κ3) is 2.00. The van der Waals surface area contributed by atoms with Gasteiger partial charge in [-0.3, -0.25) is 4.57 Å². The van der Waals surface area contributed by atoms with Gasteiger partial charge in [-0.05, 0) is 38.5 Å². The van der Waals surface area contributed by atoms with Crippen LogP contribution >= 0.6 is 0 Å². The lowest BCUT2D eigenvalue weighted by atomic mass is 9.88. The molecule has 0 saturated heterocycles. The third-order valence-electron chi connectivity index (χ3n) is 5.20. The Morgan fingerprint density at radius 2 is 1.92 bits per heavy atom. The number of aromatic nitrogens is 3. The molecule has 5 heteroatoms. The summed E-state index contributed by atoms with van der Waals surface area (Å²) in [6, 6.07) is 10.7. The number of hydrogen-bond donors (Lipinski definition) is 0. The summed E-state index contributed by atoms with van der Waals surface area (Å²) in [5.41, 5.74) is 2.36. The van der Waals surface area contributed by atoms with Crippen molar-refractivity contribution < 1.29 is 4.74 Å². The number of methoxy groups -OCH3 is 1. The molecule has 24 heavy (non-hydrogen) atoms. The molecule has 0 fully saturated rings. The molecule has 3 heterocycles. The molecular formula is C19H22N4O. The maximum absolute atomic E-state index is 5.63. The molecule has 2 aliphatic rings. The van der Waals surface area contributed by atoms with Gasteiger partial charge < -0.3 is 9.64 Å². The van der Waals surface area contributed by atoms with Crippen LogP contribution in [-0.4, -0.2) is 32.3 Å². The molecule has 0 spiro atoms. The minimum absolute atomic E-state index is 0.171. The molecule has 1 aromatic carbocycles. The number of fused-ring (bicyclic) bond motifs is 3. The van der Waals surface area contributed by atoms with Gasteiger partial charge in [-0.15, -0.1) is 10.2 Å². The standard InChI is InChI=1S/C19H22N4O/c1-13-10-17-19(3,22(13)12-15-8-6-5-7-9-15)11-16(24-4)18-21-20-14(2)23(17)18/h5-11,17H,12H2,1-4H3. The van der Waals surface area contributed by atoms with Gasteiger partial charge in [0.2, 0.25) is 0 Å². The first-order valence-corrected chi connectivity index (χ1v) is 8.23. The summed E-state index contributed by atoms with van der Waals surface area (Å²) in [5, 5.41) is 8.57. The van der Waals surface area contributed by atoms with E-state index in [0.29, 0.717) is 0 Å². The van der Waals surface area contributed by atoms with Crippen LogP contribution in [0.4, 0.5) is 0 Å². The molecule has 2 aromatic rings. The van der Waals surface area contributed by atoms with Crippen LogP contribution in [-0.2, 0) is 11.3 Å². The molecule has 2 atom stereocenters. The average Bonchev–Trinajstić information content (AvgIpc) is 3.07. The SMILES string of the molecule is COC1=CC2(C)C(C=C(C)N2Cc2ccccc2)n2c(C)nnc21. The first-order chi connectivity index (χ1) is 11.5. The second-order valence-electron chi connectivity index (χ2n) is 6.70. The summed E-state index contributed by atoms with van der Waals surface area (Å²) in [4.78, 5) is 2.44. The molecular weight excluding hydrogens is 300 g/mol. The van der Waals surface area contributed by atoms with Gasteiger partial charge in [0.05, 0.1) is 18.7 Å². The van der Waals surface area contributed by atoms with Crippen LogP contribution in [0.15, 0.2) is 48.2 Å². The van der Waals surface area contributed by atoms with Crippen LogP contribution in [0.5, 0.6) is 0 Å². The third-order valence-corrected chi connectivity index (χ3v) is 5.20. The molecule has 2 unspecified atom stereocenters. The molecule has 124 valence electrons. The predicted octanol–water partition coefficient (Wildman–Crippen LogP) is 3.31. The molecule has 5 nitrogen and oxygen atoms in total. The highest BCUT2D eigenvalue weighted by Crippen LogP contribution is 2.47. The van der Waals surface area contributed by atoms with Crippen LogP contribution in [0.25, 0.3) is 5.76 Å². The molecule has 0 saturated carbocycles. The quantitative estimate of drug-likeness (QED) is 0.869. The Hall–Kier alpha value is -2.56. The van der Waals surface area contributed by atoms with Crippen molar-refractivity contribution in [2.24, 2.45) is 0 Å². The van der Waals surface area contributed by atoms with Crippen LogP contribution in [0.3, 0.4) is 0 Å². The van der Waals surface area contributed by atoms with Gasteiger partial charge in [0.25, 0.3) is 0 Å². The van der Waals surface area contributed by atoms with Gasteiger partial charge >= 0.3 is 0 Å². The number of allylic oxidation sites excluding steroid dienone is 1. The molecule has 0 amide bonds. The van der Waals surface area contributed by atoms with E-state index in [4.69, 9.17) is 4.74 Å². The van der Waals surface area contributed by atoms with E-state index in [9.17, 15) is 0 Å². The minimum Gasteiger partial charge on any atom is -0.493 e. The van der Waals surface area contributed by atoms with Gasteiger partial charge in [-0.1, -0.05) is 30.3 Å². The first kappa shape index (κ1) is 15.0. The molecule has 0 N–H and O–H groups in total. The van der Waals surface area contributed by atoms with E-state index < -0.39 is 0 Å². The fourth-order valence-electron chi connectivity index (χ4n) is 3.94. The zero-order valence-electron chi connectivity index (χ0n) is 14.5. The number of benzene rings is 1. The highest BCUT2D eigenvalue weighted by Gasteiger charge is 2.48. The van der Waals surface area contributed by atoms with E-state index in [1.807, 2.05) is 6.92 Å². The number of hydrogen-bond acceptors (Lipinski definition) is 4. The van der Waals surface area contributed by atoms with Crippen LogP contribution in [0.2, 0.25) is 0 Å². The molecule has 0 aliphatic carbocycles. The van der Waals surface area contributed by atoms with E-state index in [1.165, 1.54) is 11.3 Å². The highest BCUT2D eigenvalue weighted by atomic mass is 16.5. The van der Waals surface area contributed by atoms with E-state index in [0.717, 1.165) is 24.0 Å². The first-order valence-electron chi connectivity index (χ1n) is 8.23. The molecule has 2 aliphatic heterocycles. The summed E-state index contributed by atoms with van der Waals surface area (Å²) in [6.07, 6.45) is 4.50. The number of nitrogens with zero attached hydrogens (tertiary/aromatic N) is 4. The Kier molecular flexibility index (Phi) is 3.27. The van der Waals surface area contributed by atoms with Gasteiger partial charge in [-0.25, -0.2) is 0 Å². The lowest BCUT2D eigenvalue weighted by Gasteiger charge is -2.43. The largest absolute Gasteiger partial charge is 0.493 e. The summed E-state index contributed by atoms with van der Waals surface area (Å²) >= 11 is 0. The van der Waals surface area contributed by atoms with Crippen molar-refractivity contribution in [1.29, 1.82) is 0 Å². The molecule has 0 bridgehead atoms. The van der Waals surface area contributed by atoms with Gasteiger partial charge in [0.1, 0.15) is 5.82 Å². The van der Waals surface area contributed by atoms with Crippen molar-refractivity contribution in [3.63, 3.8) is 0 Å². The summed E-state index contributed by atoms with van der Waals surface area (Å²) < 4.78 is 7.81. The van der Waals surface area contributed by atoms with Crippen LogP contribution in [0.1, 0.15) is 37.1 Å². The zero-order chi connectivity index (χ0) is 16.9. The molecule has 1 aromatic heterocycles. The van der Waals surface area contributed by atoms with Gasteiger partial charge in [0, 0.05) is 12.2 Å². The fraction of sp³-hybridized carbons (Fsp3) is 0.368. The van der Waals surface area contributed by atoms with E-state index >= 15 is 0 Å². The van der Waals surface area contributed by atoms with Crippen molar-refractivity contribution in [1.82, 2.24) is 19.7 Å². The van der Waals surface area contributed by atoms with Crippen LogP contribution in [0, 0.1) is 6.92 Å². The monoisotopic (exact) mass is 322 g/mol. The normalized spacial score (nSPS) is 25.0. The Morgan fingerprint density at radius 3 is 2.62 bits per heavy atom. The average molecular weight is 322 g/mol. The van der Waals surface area contributed by atoms with Crippen LogP contribution < -0.4 is 0 Å². The Morgan fingerprint density at radius 1 is 1.17 bits per heavy atom. The van der Waals surface area contributed by atoms with Crippen molar-refractivity contribution >= 4 is 5.76 Å². The minimum atomic E-state index is -0.203. The number of rotatable bonds is 3. The maximum atomic E-state index is 5.63. The molecule has 0 radical (unpaired) electrons. The van der Waals surface area contributed by atoms with Crippen molar-refractivity contribution in [3.8, 4) is 0 Å². The Labute approximate surface area is 142 Å². The number of aryl methyl sites for hydroxylation is 1. The lowest BCUT2D eigenvalue weighted by Crippen LogP contribution is -2.47. The van der Waals surface area contributed by atoms with Crippen molar-refractivity contribution in [2.75, 3.05) is 7.11 Å². The van der Waals surface area contributed by atoms with Gasteiger partial charge in [0.15, 0.2) is 11.6 Å². The van der Waals surface area contributed by atoms with Crippen molar-refractivity contribution in [2.45, 2.75) is 38.9 Å². The summed E-state index contributed by atoms with van der Waals surface area (Å²) in [6.45, 7) is 7.29. The second-order valence-corrected chi connectivity index (χ2v) is 6.70. The molecule has 4 rings (SSSR count).